The second-order valence-corrected chi connectivity index (χ2v) is 9.13. The smallest absolute Gasteiger partial charge is 0.394 e. The van der Waals surface area contributed by atoms with Crippen molar-refractivity contribution in [1.29, 1.82) is 0 Å². The molecule has 2 aromatic carbocycles. The maximum absolute atomic E-state index is 12.7. The van der Waals surface area contributed by atoms with Gasteiger partial charge in [-0.05, 0) is 36.6 Å². The molecule has 198 valence electrons. The highest BCUT2D eigenvalue weighted by Crippen LogP contribution is 2.30. The molecule has 37 heavy (non-hydrogen) atoms. The molecule has 0 fully saturated rings. The summed E-state index contributed by atoms with van der Waals surface area (Å²) in [5, 5.41) is 13.6. The van der Waals surface area contributed by atoms with E-state index in [4.69, 9.17) is 9.26 Å². The van der Waals surface area contributed by atoms with Gasteiger partial charge >= 0.3 is 11.9 Å². The number of benzene rings is 2. The van der Waals surface area contributed by atoms with Crippen molar-refractivity contribution >= 4 is 11.9 Å². The standard InChI is InChI=1S/C29H37N3O5/c1-4-6-7-8-9-10-15-26-30-27(37-31-26)22-18-16-21(17-19-22)24(5-2)32(28(33)29(34)35)20-23-13-11-12-14-25(23)36-3/h11-14,16-19,24H,4-10,15,20H2,1-3H3,(H,34,35). The first kappa shape index (κ1) is 27.9. The summed E-state index contributed by atoms with van der Waals surface area (Å²) in [5.74, 6) is -0.694. The monoisotopic (exact) mass is 507 g/mol. The fraction of sp³-hybridized carbons (Fsp3) is 0.448. The molecule has 0 spiro atoms. The number of carboxylic acids is 1. The number of unbranched alkanes of at least 4 members (excludes halogenated alkanes) is 5. The van der Waals surface area contributed by atoms with Crippen LogP contribution in [0.15, 0.2) is 53.1 Å². The van der Waals surface area contributed by atoms with Crippen molar-refractivity contribution in [2.45, 2.75) is 77.8 Å². The van der Waals surface area contributed by atoms with E-state index in [1.165, 1.54) is 30.6 Å². The van der Waals surface area contributed by atoms with Crippen LogP contribution < -0.4 is 4.74 Å². The van der Waals surface area contributed by atoms with E-state index in [1.807, 2.05) is 49.4 Å². The number of methoxy groups -OCH3 is 1. The van der Waals surface area contributed by atoms with Crippen molar-refractivity contribution in [2.24, 2.45) is 0 Å². The largest absolute Gasteiger partial charge is 0.496 e. The van der Waals surface area contributed by atoms with Gasteiger partial charge < -0.3 is 19.3 Å². The molecule has 1 aromatic heterocycles. The van der Waals surface area contributed by atoms with Crippen LogP contribution in [0.4, 0.5) is 0 Å². The summed E-state index contributed by atoms with van der Waals surface area (Å²) < 4.78 is 10.9. The average Bonchev–Trinajstić information content (AvgIpc) is 3.39. The fourth-order valence-corrected chi connectivity index (χ4v) is 4.48. The average molecular weight is 508 g/mol. The minimum Gasteiger partial charge on any atom is -0.496 e. The summed E-state index contributed by atoms with van der Waals surface area (Å²) in [5.41, 5.74) is 2.34. The Morgan fingerprint density at radius 2 is 1.70 bits per heavy atom. The van der Waals surface area contributed by atoms with E-state index in [0.29, 0.717) is 23.9 Å². The van der Waals surface area contributed by atoms with E-state index in [0.717, 1.165) is 36.0 Å². The predicted molar refractivity (Wildman–Crippen MR) is 141 cm³/mol. The molecule has 0 aliphatic heterocycles. The number of aliphatic carboxylic acids is 1. The number of hydrogen-bond acceptors (Lipinski definition) is 6. The van der Waals surface area contributed by atoms with Gasteiger partial charge in [0.05, 0.1) is 19.7 Å². The molecule has 1 atom stereocenters. The van der Waals surface area contributed by atoms with E-state index in [2.05, 4.69) is 17.1 Å². The quantitative estimate of drug-likeness (QED) is 0.204. The van der Waals surface area contributed by atoms with Crippen molar-refractivity contribution in [2.75, 3.05) is 7.11 Å². The lowest BCUT2D eigenvalue weighted by Crippen LogP contribution is -2.38. The number of carbonyl (C=O) groups excluding carboxylic acids is 1. The topological polar surface area (TPSA) is 106 Å². The van der Waals surface area contributed by atoms with Gasteiger partial charge in [-0.1, -0.05) is 81.4 Å². The number of ether oxygens (including phenoxy) is 1. The molecule has 0 radical (unpaired) electrons. The Hall–Kier alpha value is -3.68. The van der Waals surface area contributed by atoms with E-state index >= 15 is 0 Å². The minimum absolute atomic E-state index is 0.112. The summed E-state index contributed by atoms with van der Waals surface area (Å²) >= 11 is 0. The zero-order valence-electron chi connectivity index (χ0n) is 22.0. The van der Waals surface area contributed by atoms with Gasteiger partial charge in [-0.2, -0.15) is 4.98 Å². The Bertz CT molecular complexity index is 1140. The summed E-state index contributed by atoms with van der Waals surface area (Å²) in [6.45, 7) is 4.25. The van der Waals surface area contributed by atoms with Crippen LogP contribution in [0.25, 0.3) is 11.5 Å². The van der Waals surface area contributed by atoms with Crippen LogP contribution in [0.1, 0.15) is 81.8 Å². The second-order valence-electron chi connectivity index (χ2n) is 9.13. The first-order valence-electron chi connectivity index (χ1n) is 13.1. The van der Waals surface area contributed by atoms with E-state index in [9.17, 15) is 14.7 Å². The lowest BCUT2D eigenvalue weighted by Gasteiger charge is -2.31. The predicted octanol–water partition coefficient (Wildman–Crippen LogP) is 6.21. The molecule has 1 N–H and O–H groups in total. The van der Waals surface area contributed by atoms with Gasteiger partial charge in [0.2, 0.25) is 0 Å². The molecule has 1 amide bonds. The third-order valence-electron chi connectivity index (χ3n) is 6.50. The van der Waals surface area contributed by atoms with Gasteiger partial charge in [-0.15, -0.1) is 0 Å². The number of carboxylic acid groups (broad SMARTS) is 1. The van der Waals surface area contributed by atoms with Gasteiger partial charge in [-0.3, -0.25) is 4.79 Å². The fourth-order valence-electron chi connectivity index (χ4n) is 4.48. The van der Waals surface area contributed by atoms with Crippen LogP contribution in [0, 0.1) is 0 Å². The molecule has 0 bridgehead atoms. The van der Waals surface area contributed by atoms with Crippen LogP contribution in [-0.2, 0) is 22.6 Å². The molecule has 1 unspecified atom stereocenters. The number of carbonyl (C=O) groups is 2. The number of nitrogens with zero attached hydrogens (tertiary/aromatic N) is 3. The Kier molecular flexibility index (Phi) is 10.7. The molecule has 1 heterocycles. The molecular weight excluding hydrogens is 470 g/mol. The molecule has 0 aliphatic rings. The molecule has 3 rings (SSSR count). The SMILES string of the molecule is CCCCCCCCc1noc(-c2ccc(C(CC)N(Cc3ccccc3OC)C(=O)C(=O)O)cc2)n1. The number of hydrogen-bond donors (Lipinski definition) is 1. The normalized spacial score (nSPS) is 11.8. The minimum atomic E-state index is -1.49. The van der Waals surface area contributed by atoms with Gasteiger partial charge in [0, 0.05) is 17.5 Å². The molecule has 0 aliphatic carbocycles. The van der Waals surface area contributed by atoms with Gasteiger partial charge in [0.15, 0.2) is 5.82 Å². The highest BCUT2D eigenvalue weighted by atomic mass is 16.5. The van der Waals surface area contributed by atoms with E-state index < -0.39 is 17.9 Å². The second kappa shape index (κ2) is 14.2. The van der Waals surface area contributed by atoms with Crippen molar-refractivity contribution in [3.05, 3.63) is 65.5 Å². The molecule has 8 nitrogen and oxygen atoms in total. The maximum atomic E-state index is 12.7. The third-order valence-corrected chi connectivity index (χ3v) is 6.50. The Morgan fingerprint density at radius 3 is 2.38 bits per heavy atom. The van der Waals surface area contributed by atoms with Crippen molar-refractivity contribution < 1.29 is 24.0 Å². The molecule has 0 saturated heterocycles. The zero-order valence-corrected chi connectivity index (χ0v) is 22.0. The van der Waals surface area contributed by atoms with Crippen LogP contribution in [-0.4, -0.2) is 39.1 Å². The number of aryl methyl sites for hydroxylation is 1. The van der Waals surface area contributed by atoms with E-state index in [-0.39, 0.29) is 6.54 Å². The van der Waals surface area contributed by atoms with Crippen molar-refractivity contribution in [1.82, 2.24) is 15.0 Å². The number of aromatic nitrogens is 2. The molecule has 0 saturated carbocycles. The zero-order chi connectivity index (χ0) is 26.6. The van der Waals surface area contributed by atoms with Gasteiger partial charge in [0.1, 0.15) is 5.75 Å². The highest BCUT2D eigenvalue weighted by molar-refractivity contribution is 6.31. The van der Waals surface area contributed by atoms with Gasteiger partial charge in [0.25, 0.3) is 5.89 Å². The third kappa shape index (κ3) is 7.65. The summed E-state index contributed by atoms with van der Waals surface area (Å²) in [7, 11) is 1.55. The first-order chi connectivity index (χ1) is 18.0. The van der Waals surface area contributed by atoms with Gasteiger partial charge in [-0.25, -0.2) is 4.79 Å². The summed E-state index contributed by atoms with van der Waals surface area (Å²) in [4.78, 5) is 30.3. The molecule has 3 aromatic rings. The number of amides is 1. The molecular formula is C29H37N3O5. The van der Waals surface area contributed by atoms with Crippen LogP contribution in [0.3, 0.4) is 0 Å². The van der Waals surface area contributed by atoms with E-state index in [1.54, 1.807) is 13.2 Å². The summed E-state index contributed by atoms with van der Waals surface area (Å²) in [6.07, 6.45) is 8.56. The Balaban J connectivity index is 1.73. The first-order valence-corrected chi connectivity index (χ1v) is 13.1. The van der Waals surface area contributed by atoms with Crippen molar-refractivity contribution in [3.63, 3.8) is 0 Å². The van der Waals surface area contributed by atoms with Crippen LogP contribution in [0.2, 0.25) is 0 Å². The van der Waals surface area contributed by atoms with Crippen LogP contribution in [0.5, 0.6) is 5.75 Å². The highest BCUT2D eigenvalue weighted by Gasteiger charge is 2.29. The van der Waals surface area contributed by atoms with Crippen LogP contribution >= 0.6 is 0 Å². The molecule has 8 heteroatoms. The number of rotatable bonds is 14. The summed E-state index contributed by atoms with van der Waals surface area (Å²) in [6, 6.07) is 14.3. The maximum Gasteiger partial charge on any atom is 0.394 e. The lowest BCUT2D eigenvalue weighted by molar-refractivity contribution is -0.157. The Morgan fingerprint density at radius 1 is 1.00 bits per heavy atom. The number of para-hydroxylation sites is 1. The lowest BCUT2D eigenvalue weighted by atomic mass is 10.00. The Labute approximate surface area is 218 Å². The van der Waals surface area contributed by atoms with Crippen molar-refractivity contribution in [3.8, 4) is 17.2 Å².